The topological polar surface area (TPSA) is 84.8 Å². The molecule has 3 fully saturated rings. The molecule has 2 bridgehead atoms. The summed E-state index contributed by atoms with van der Waals surface area (Å²) in [6.07, 6.45) is 5.80. The van der Waals surface area contributed by atoms with E-state index in [0.29, 0.717) is 18.6 Å². The van der Waals surface area contributed by atoms with Gasteiger partial charge in [0, 0.05) is 17.5 Å². The molecule has 1 heterocycles. The highest BCUT2D eigenvalue weighted by molar-refractivity contribution is 5.52. The first-order chi connectivity index (χ1) is 12.5. The third-order valence-electron chi connectivity index (χ3n) is 7.73. The number of phenolic OH excluding ortho intramolecular Hbond substituents is 1. The van der Waals surface area contributed by atoms with Crippen LogP contribution in [0.1, 0.15) is 48.8 Å². The van der Waals surface area contributed by atoms with E-state index < -0.39 is 17.1 Å². The van der Waals surface area contributed by atoms with Gasteiger partial charge < -0.3 is 26.0 Å². The number of aliphatic hydroxyl groups is 2. The monoisotopic (exact) mass is 358 g/mol. The van der Waals surface area contributed by atoms with Crippen molar-refractivity contribution in [2.24, 2.45) is 5.92 Å². The summed E-state index contributed by atoms with van der Waals surface area (Å²) >= 11 is 0. The van der Waals surface area contributed by atoms with Crippen LogP contribution < -0.4 is 10.6 Å². The van der Waals surface area contributed by atoms with Crippen LogP contribution in [0.5, 0.6) is 5.75 Å². The third-order valence-corrected chi connectivity index (χ3v) is 7.73. The number of hydrogen-bond donors (Lipinski definition) is 5. The molecule has 4 aliphatic rings. The molecule has 2 saturated carbocycles. The predicted octanol–water partition coefficient (Wildman–Crippen LogP) is 0.974. The van der Waals surface area contributed by atoms with E-state index in [9.17, 15) is 15.3 Å². The van der Waals surface area contributed by atoms with Gasteiger partial charge in [-0.25, -0.2) is 0 Å². The lowest BCUT2D eigenvalue weighted by Gasteiger charge is -2.63. The number of piperidine rings is 1. The Kier molecular flexibility index (Phi) is 3.71. The van der Waals surface area contributed by atoms with Crippen molar-refractivity contribution < 1.29 is 15.3 Å². The summed E-state index contributed by atoms with van der Waals surface area (Å²) in [5.74, 6) is 1.05. The standard InChI is InChI=1S/C21H30N2O3/c1-22-17-10-21(26)19-9-15-13(6-12-2-3-12)7-14(24)8-16(15)20(21,4-5-23-19)11-18(17)25/h7-8,12,17-19,22-26H,2-6,9-11H2,1H3. The van der Waals surface area contributed by atoms with Gasteiger partial charge in [-0.15, -0.1) is 0 Å². The Morgan fingerprint density at radius 2 is 2.08 bits per heavy atom. The highest BCUT2D eigenvalue weighted by Gasteiger charge is 2.64. The van der Waals surface area contributed by atoms with E-state index in [1.165, 1.54) is 24.0 Å². The normalized spacial score (nSPS) is 41.4. The van der Waals surface area contributed by atoms with Crippen LogP contribution in [0, 0.1) is 5.92 Å². The van der Waals surface area contributed by atoms with Crippen molar-refractivity contribution in [2.75, 3.05) is 13.6 Å². The molecule has 5 atom stereocenters. The smallest absolute Gasteiger partial charge is 0.116 e. The fourth-order valence-corrected chi connectivity index (χ4v) is 6.18. The lowest BCUT2D eigenvalue weighted by Crippen LogP contribution is -2.75. The number of aromatic hydroxyl groups is 1. The van der Waals surface area contributed by atoms with Crippen LogP contribution in [0.15, 0.2) is 12.1 Å². The molecule has 5 N–H and O–H groups in total. The summed E-state index contributed by atoms with van der Waals surface area (Å²) < 4.78 is 0. The summed E-state index contributed by atoms with van der Waals surface area (Å²) in [4.78, 5) is 0. The van der Waals surface area contributed by atoms with Crippen molar-refractivity contribution in [1.29, 1.82) is 0 Å². The minimum Gasteiger partial charge on any atom is -0.508 e. The highest BCUT2D eigenvalue weighted by atomic mass is 16.3. The number of rotatable bonds is 3. The maximum Gasteiger partial charge on any atom is 0.116 e. The van der Waals surface area contributed by atoms with Crippen LogP contribution in [0.3, 0.4) is 0 Å². The Morgan fingerprint density at radius 1 is 1.27 bits per heavy atom. The zero-order valence-corrected chi connectivity index (χ0v) is 15.5. The SMILES string of the molecule is CNC1CC2(O)C3Cc4c(CC5CC5)cc(O)cc4C2(CCN3)CC1O. The van der Waals surface area contributed by atoms with Crippen LogP contribution in [-0.4, -0.2) is 52.7 Å². The minimum absolute atomic E-state index is 0.00889. The summed E-state index contributed by atoms with van der Waals surface area (Å²) in [5, 5.41) is 39.9. The number of likely N-dealkylation sites (N-methyl/N-ethyl adjacent to an activating group) is 1. The molecule has 0 amide bonds. The van der Waals surface area contributed by atoms with Crippen LogP contribution in [0.2, 0.25) is 0 Å². The summed E-state index contributed by atoms with van der Waals surface area (Å²) in [6.45, 7) is 0.844. The molecule has 5 unspecified atom stereocenters. The maximum atomic E-state index is 11.9. The molecule has 26 heavy (non-hydrogen) atoms. The molecule has 1 saturated heterocycles. The van der Waals surface area contributed by atoms with E-state index >= 15 is 0 Å². The molecule has 5 nitrogen and oxygen atoms in total. The largest absolute Gasteiger partial charge is 0.508 e. The molecule has 142 valence electrons. The van der Waals surface area contributed by atoms with Crippen molar-refractivity contribution in [3.63, 3.8) is 0 Å². The number of benzene rings is 1. The van der Waals surface area contributed by atoms with E-state index in [-0.39, 0.29) is 12.1 Å². The summed E-state index contributed by atoms with van der Waals surface area (Å²) in [6, 6.07) is 3.73. The molecule has 5 heteroatoms. The molecule has 1 aliphatic heterocycles. The van der Waals surface area contributed by atoms with Crippen molar-refractivity contribution in [3.05, 3.63) is 28.8 Å². The Bertz CT molecular complexity index is 734. The van der Waals surface area contributed by atoms with Gasteiger partial charge in [0.05, 0.1) is 11.7 Å². The Hall–Kier alpha value is -1.14. The van der Waals surface area contributed by atoms with Crippen molar-refractivity contribution in [1.82, 2.24) is 10.6 Å². The van der Waals surface area contributed by atoms with Gasteiger partial charge in [0.25, 0.3) is 0 Å². The quantitative estimate of drug-likeness (QED) is 0.556. The maximum absolute atomic E-state index is 11.9. The summed E-state index contributed by atoms with van der Waals surface area (Å²) in [5.41, 5.74) is 2.30. The lowest BCUT2D eigenvalue weighted by atomic mass is 9.48. The van der Waals surface area contributed by atoms with Crippen LogP contribution in [0.25, 0.3) is 0 Å². The van der Waals surface area contributed by atoms with Gasteiger partial charge in [-0.2, -0.15) is 0 Å². The van der Waals surface area contributed by atoms with Gasteiger partial charge in [-0.3, -0.25) is 0 Å². The number of nitrogens with one attached hydrogen (secondary N) is 2. The minimum atomic E-state index is -0.893. The van der Waals surface area contributed by atoms with Crippen LogP contribution in [0.4, 0.5) is 0 Å². The van der Waals surface area contributed by atoms with Gasteiger partial charge in [-0.05, 0) is 93.3 Å². The Morgan fingerprint density at radius 3 is 2.81 bits per heavy atom. The lowest BCUT2D eigenvalue weighted by molar-refractivity contribution is -0.155. The van der Waals surface area contributed by atoms with E-state index in [1.54, 1.807) is 0 Å². The highest BCUT2D eigenvalue weighted by Crippen LogP contribution is 2.57. The average molecular weight is 358 g/mol. The summed E-state index contributed by atoms with van der Waals surface area (Å²) in [7, 11) is 1.86. The van der Waals surface area contributed by atoms with Crippen molar-refractivity contribution in [2.45, 2.75) is 74.1 Å². The fourth-order valence-electron chi connectivity index (χ4n) is 6.18. The molecule has 3 aliphatic carbocycles. The third kappa shape index (κ3) is 2.24. The molecule has 5 rings (SSSR count). The molecular formula is C21H30N2O3. The first-order valence-corrected chi connectivity index (χ1v) is 10.1. The van der Waals surface area contributed by atoms with Crippen molar-refractivity contribution in [3.8, 4) is 5.75 Å². The van der Waals surface area contributed by atoms with Crippen molar-refractivity contribution >= 4 is 0 Å². The zero-order valence-electron chi connectivity index (χ0n) is 15.5. The van der Waals surface area contributed by atoms with Crippen LogP contribution in [-0.2, 0) is 18.3 Å². The first kappa shape index (κ1) is 17.0. The number of hydrogen-bond acceptors (Lipinski definition) is 5. The Balaban J connectivity index is 1.67. The van der Waals surface area contributed by atoms with E-state index in [4.69, 9.17) is 0 Å². The molecular weight excluding hydrogens is 328 g/mol. The average Bonchev–Trinajstić information content (AvgIpc) is 3.40. The van der Waals surface area contributed by atoms with E-state index in [1.807, 2.05) is 19.2 Å². The molecule has 0 aromatic heterocycles. The van der Waals surface area contributed by atoms with Gasteiger partial charge in [0.1, 0.15) is 5.75 Å². The van der Waals surface area contributed by atoms with E-state index in [0.717, 1.165) is 37.3 Å². The van der Waals surface area contributed by atoms with E-state index in [2.05, 4.69) is 10.6 Å². The van der Waals surface area contributed by atoms with Gasteiger partial charge >= 0.3 is 0 Å². The fraction of sp³-hybridized carbons (Fsp3) is 0.714. The second-order valence-electron chi connectivity index (χ2n) is 9.12. The second kappa shape index (κ2) is 5.68. The number of phenols is 1. The Labute approximate surface area is 154 Å². The first-order valence-electron chi connectivity index (χ1n) is 10.1. The molecule has 1 aromatic rings. The van der Waals surface area contributed by atoms with Gasteiger partial charge in [-0.1, -0.05) is 0 Å². The van der Waals surface area contributed by atoms with Crippen LogP contribution >= 0.6 is 0 Å². The predicted molar refractivity (Wildman–Crippen MR) is 99.4 cm³/mol. The molecule has 0 radical (unpaired) electrons. The van der Waals surface area contributed by atoms with Gasteiger partial charge in [0.15, 0.2) is 0 Å². The van der Waals surface area contributed by atoms with Gasteiger partial charge in [0.2, 0.25) is 0 Å². The molecule has 1 aromatic carbocycles. The number of fused-ring (bicyclic) bond motifs is 1. The molecule has 0 spiro atoms. The number of aliphatic hydroxyl groups excluding tert-OH is 1. The zero-order chi connectivity index (χ0) is 18.1. The second-order valence-corrected chi connectivity index (χ2v) is 9.12.